The first-order valence-electron chi connectivity index (χ1n) is 7.41. The van der Waals surface area contributed by atoms with Crippen LogP contribution < -0.4 is 10.2 Å². The fourth-order valence-corrected chi connectivity index (χ4v) is 2.92. The van der Waals surface area contributed by atoms with Gasteiger partial charge in [-0.1, -0.05) is 42.5 Å². The maximum Gasteiger partial charge on any atom is 0.0412 e. The quantitative estimate of drug-likeness (QED) is 0.915. The second kappa shape index (κ2) is 6.10. The maximum atomic E-state index is 3.48. The Kier molecular flexibility index (Phi) is 4.03. The van der Waals surface area contributed by atoms with Gasteiger partial charge >= 0.3 is 0 Å². The van der Waals surface area contributed by atoms with Crippen LogP contribution in [-0.4, -0.2) is 20.1 Å². The topological polar surface area (TPSA) is 15.3 Å². The highest BCUT2D eigenvalue weighted by Gasteiger charge is 2.14. The first kappa shape index (κ1) is 13.2. The predicted octanol–water partition coefficient (Wildman–Crippen LogP) is 3.01. The average Bonchev–Trinajstić information content (AvgIpc) is 2.53. The lowest BCUT2D eigenvalue weighted by Gasteiger charge is -2.27. The number of hydrogen-bond acceptors (Lipinski definition) is 2. The summed E-state index contributed by atoms with van der Waals surface area (Å²) in [5, 5.41) is 3.48. The Morgan fingerprint density at radius 2 is 1.90 bits per heavy atom. The molecule has 2 nitrogen and oxygen atoms in total. The third-order valence-corrected chi connectivity index (χ3v) is 4.11. The van der Waals surface area contributed by atoms with Gasteiger partial charge in [0.15, 0.2) is 0 Å². The molecule has 1 N–H and O–H groups in total. The highest BCUT2D eigenvalue weighted by molar-refractivity contribution is 5.57. The van der Waals surface area contributed by atoms with E-state index < -0.39 is 0 Å². The number of anilines is 1. The lowest BCUT2D eigenvalue weighted by Crippen LogP contribution is -2.28. The zero-order chi connectivity index (χ0) is 13.8. The van der Waals surface area contributed by atoms with Crippen LogP contribution in [0.4, 0.5) is 5.69 Å². The highest BCUT2D eigenvalue weighted by atomic mass is 15.1. The van der Waals surface area contributed by atoms with Crippen molar-refractivity contribution >= 4 is 5.69 Å². The third kappa shape index (κ3) is 2.86. The summed E-state index contributed by atoms with van der Waals surface area (Å²) in [5.41, 5.74) is 5.77. The molecular formula is C18H22N2. The van der Waals surface area contributed by atoms with Gasteiger partial charge in [-0.2, -0.15) is 0 Å². The minimum absolute atomic E-state index is 1.00. The van der Waals surface area contributed by atoms with Crippen molar-refractivity contribution in [3.05, 3.63) is 65.2 Å². The van der Waals surface area contributed by atoms with Crippen molar-refractivity contribution in [3.63, 3.8) is 0 Å². The normalized spacial score (nSPS) is 13.8. The van der Waals surface area contributed by atoms with E-state index in [4.69, 9.17) is 0 Å². The van der Waals surface area contributed by atoms with E-state index in [1.807, 2.05) is 0 Å². The van der Waals surface area contributed by atoms with Gasteiger partial charge in [0.05, 0.1) is 0 Å². The van der Waals surface area contributed by atoms with E-state index in [1.54, 1.807) is 0 Å². The predicted molar refractivity (Wildman–Crippen MR) is 85.3 cm³/mol. The first-order chi connectivity index (χ1) is 9.84. The minimum Gasteiger partial charge on any atom is -0.374 e. The molecule has 0 spiro atoms. The van der Waals surface area contributed by atoms with Crippen molar-refractivity contribution < 1.29 is 0 Å². The molecule has 3 rings (SSSR count). The molecule has 0 saturated carbocycles. The molecule has 1 heterocycles. The van der Waals surface area contributed by atoms with E-state index in [0.717, 1.165) is 32.5 Å². The molecule has 0 unspecified atom stereocenters. The zero-order valence-corrected chi connectivity index (χ0v) is 12.1. The molecule has 20 heavy (non-hydrogen) atoms. The number of rotatable bonds is 4. The van der Waals surface area contributed by atoms with E-state index in [-0.39, 0.29) is 0 Å². The fraction of sp³-hybridized carbons (Fsp3) is 0.333. The smallest absolute Gasteiger partial charge is 0.0412 e. The summed E-state index contributed by atoms with van der Waals surface area (Å²) < 4.78 is 0. The van der Waals surface area contributed by atoms with Crippen molar-refractivity contribution in [2.75, 3.05) is 25.0 Å². The summed E-state index contributed by atoms with van der Waals surface area (Å²) in [7, 11) is 2.20. The van der Waals surface area contributed by atoms with Crippen molar-refractivity contribution in [2.45, 2.75) is 19.4 Å². The lowest BCUT2D eigenvalue weighted by atomic mass is 9.98. The average molecular weight is 266 g/mol. The van der Waals surface area contributed by atoms with Crippen LogP contribution in [-0.2, 0) is 19.4 Å². The van der Waals surface area contributed by atoms with Crippen LogP contribution in [0.1, 0.15) is 16.7 Å². The van der Waals surface area contributed by atoms with Crippen molar-refractivity contribution in [2.24, 2.45) is 0 Å². The van der Waals surface area contributed by atoms with Gasteiger partial charge in [0, 0.05) is 25.8 Å². The second-order valence-corrected chi connectivity index (χ2v) is 5.50. The monoisotopic (exact) mass is 266 g/mol. The molecule has 2 heteroatoms. The molecule has 2 aromatic rings. The number of nitrogens with one attached hydrogen (secondary N) is 1. The summed E-state index contributed by atoms with van der Waals surface area (Å²) in [6.45, 7) is 3.16. The van der Waals surface area contributed by atoms with Crippen LogP contribution in [0.5, 0.6) is 0 Å². The second-order valence-electron chi connectivity index (χ2n) is 5.50. The largest absolute Gasteiger partial charge is 0.374 e. The van der Waals surface area contributed by atoms with Crippen molar-refractivity contribution in [1.29, 1.82) is 0 Å². The Labute approximate surface area is 121 Å². The Hall–Kier alpha value is -1.80. The number of likely N-dealkylation sites (N-methyl/N-ethyl adjacent to an activating group) is 1. The van der Waals surface area contributed by atoms with Gasteiger partial charge in [0.2, 0.25) is 0 Å². The third-order valence-electron chi connectivity index (χ3n) is 4.11. The SMILES string of the molecule is CN(CCc1ccccc1)c1cccc2c1CNCC2. The number of fused-ring (bicyclic) bond motifs is 1. The Balaban J connectivity index is 1.72. The highest BCUT2D eigenvalue weighted by Crippen LogP contribution is 2.25. The number of hydrogen-bond donors (Lipinski definition) is 1. The molecule has 0 atom stereocenters. The molecule has 104 valence electrons. The first-order valence-corrected chi connectivity index (χ1v) is 7.41. The summed E-state index contributed by atoms with van der Waals surface area (Å²) in [6.07, 6.45) is 2.24. The van der Waals surface area contributed by atoms with Gasteiger partial charge in [-0.15, -0.1) is 0 Å². The maximum absolute atomic E-state index is 3.48. The molecule has 0 radical (unpaired) electrons. The summed E-state index contributed by atoms with van der Waals surface area (Å²) in [4.78, 5) is 2.39. The molecule has 1 aliphatic rings. The van der Waals surface area contributed by atoms with Gasteiger partial charge in [0.1, 0.15) is 0 Å². The Morgan fingerprint density at radius 3 is 2.75 bits per heavy atom. The summed E-state index contributed by atoms with van der Waals surface area (Å²) in [5.74, 6) is 0. The van der Waals surface area contributed by atoms with Crippen LogP contribution in [0.25, 0.3) is 0 Å². The molecule has 0 saturated heterocycles. The molecule has 0 amide bonds. The van der Waals surface area contributed by atoms with Crippen LogP contribution in [0, 0.1) is 0 Å². The number of benzene rings is 2. The standard InChI is InChI=1S/C18H22N2/c1-20(13-11-15-6-3-2-4-7-15)18-9-5-8-16-10-12-19-14-17(16)18/h2-9,19H,10-14H2,1H3. The van der Waals surface area contributed by atoms with E-state index in [2.05, 4.69) is 65.8 Å². The Morgan fingerprint density at radius 1 is 1.05 bits per heavy atom. The zero-order valence-electron chi connectivity index (χ0n) is 12.1. The summed E-state index contributed by atoms with van der Waals surface area (Å²) >= 11 is 0. The van der Waals surface area contributed by atoms with E-state index in [9.17, 15) is 0 Å². The van der Waals surface area contributed by atoms with Crippen LogP contribution in [0.3, 0.4) is 0 Å². The lowest BCUT2D eigenvalue weighted by molar-refractivity contribution is 0.641. The van der Waals surface area contributed by atoms with Gasteiger partial charge < -0.3 is 10.2 Å². The van der Waals surface area contributed by atoms with Crippen LogP contribution in [0.15, 0.2) is 48.5 Å². The van der Waals surface area contributed by atoms with E-state index >= 15 is 0 Å². The molecule has 0 bridgehead atoms. The van der Waals surface area contributed by atoms with Gasteiger partial charge in [0.25, 0.3) is 0 Å². The van der Waals surface area contributed by atoms with Gasteiger partial charge in [-0.25, -0.2) is 0 Å². The van der Waals surface area contributed by atoms with Crippen molar-refractivity contribution in [3.8, 4) is 0 Å². The fourth-order valence-electron chi connectivity index (χ4n) is 2.92. The molecule has 1 aliphatic heterocycles. The van der Waals surface area contributed by atoms with E-state index in [1.165, 1.54) is 22.4 Å². The molecular weight excluding hydrogens is 244 g/mol. The van der Waals surface area contributed by atoms with E-state index in [0.29, 0.717) is 0 Å². The number of nitrogens with zero attached hydrogens (tertiary/aromatic N) is 1. The van der Waals surface area contributed by atoms with Crippen LogP contribution in [0.2, 0.25) is 0 Å². The van der Waals surface area contributed by atoms with Crippen molar-refractivity contribution in [1.82, 2.24) is 5.32 Å². The molecule has 0 fully saturated rings. The molecule has 0 aliphatic carbocycles. The Bertz CT molecular complexity index is 563. The minimum atomic E-state index is 1.00. The van der Waals surface area contributed by atoms with Gasteiger partial charge in [-0.05, 0) is 42.1 Å². The van der Waals surface area contributed by atoms with Crippen LogP contribution >= 0.6 is 0 Å². The molecule has 0 aromatic heterocycles. The van der Waals surface area contributed by atoms with Gasteiger partial charge in [-0.3, -0.25) is 0 Å². The molecule has 2 aromatic carbocycles. The summed E-state index contributed by atoms with van der Waals surface area (Å²) in [6, 6.07) is 17.4.